The second kappa shape index (κ2) is 5.14. The molecule has 2 rings (SSSR count). The van der Waals surface area contributed by atoms with E-state index in [9.17, 15) is 19.1 Å². The first-order valence-electron chi connectivity index (χ1n) is 5.57. The number of hydrogen-bond acceptors (Lipinski definition) is 3. The first kappa shape index (κ1) is 13.8. The molecule has 1 heterocycles. The maximum Gasteiger partial charge on any atom is 0.326 e. The molecule has 1 amide bonds. The van der Waals surface area contributed by atoms with Gasteiger partial charge in [-0.2, -0.15) is 0 Å². The average molecular weight is 288 g/mol. The number of hydrogen-bond donors (Lipinski definition) is 2. The minimum atomic E-state index is -1.24. The second-order valence-electron chi connectivity index (χ2n) is 4.30. The number of carbonyl (C=O) groups excluding carboxylic acids is 1. The Bertz CT molecular complexity index is 516. The lowest BCUT2D eigenvalue weighted by molar-refractivity contribution is -0.141. The van der Waals surface area contributed by atoms with Crippen LogP contribution in [0, 0.1) is 5.82 Å². The molecule has 0 aromatic heterocycles. The summed E-state index contributed by atoms with van der Waals surface area (Å²) in [6.07, 6.45) is -1.01. The largest absolute Gasteiger partial charge is 0.480 e. The lowest BCUT2D eigenvalue weighted by atomic mass is 10.1. The number of aliphatic carboxylic acids is 1. The Morgan fingerprint density at radius 2 is 2.11 bits per heavy atom. The molecule has 2 N–H and O–H groups in total. The van der Waals surface area contributed by atoms with Crippen LogP contribution in [0.2, 0.25) is 5.02 Å². The van der Waals surface area contributed by atoms with Crippen LogP contribution in [0.1, 0.15) is 16.8 Å². The highest BCUT2D eigenvalue weighted by atomic mass is 35.5. The molecule has 0 saturated carbocycles. The summed E-state index contributed by atoms with van der Waals surface area (Å²) in [5.41, 5.74) is -0.371. The van der Waals surface area contributed by atoms with Gasteiger partial charge in [0, 0.05) is 13.0 Å². The van der Waals surface area contributed by atoms with Gasteiger partial charge in [-0.1, -0.05) is 17.7 Å². The van der Waals surface area contributed by atoms with Crippen molar-refractivity contribution < 1.29 is 24.2 Å². The minimum Gasteiger partial charge on any atom is -0.480 e. The Morgan fingerprint density at radius 3 is 2.68 bits per heavy atom. The Hall–Kier alpha value is -1.66. The van der Waals surface area contributed by atoms with Crippen LogP contribution in [0.5, 0.6) is 0 Å². The van der Waals surface area contributed by atoms with Crippen LogP contribution in [0.3, 0.4) is 0 Å². The highest BCUT2D eigenvalue weighted by molar-refractivity contribution is 6.33. The number of aliphatic hydroxyl groups excluding tert-OH is 1. The molecule has 1 aromatic rings. The van der Waals surface area contributed by atoms with Crippen LogP contribution < -0.4 is 0 Å². The van der Waals surface area contributed by atoms with Gasteiger partial charge in [-0.25, -0.2) is 9.18 Å². The summed E-state index contributed by atoms with van der Waals surface area (Å²) < 4.78 is 13.6. The van der Waals surface area contributed by atoms with Crippen molar-refractivity contribution in [3.05, 3.63) is 34.6 Å². The smallest absolute Gasteiger partial charge is 0.326 e. The number of carboxylic acid groups (broad SMARTS) is 1. The van der Waals surface area contributed by atoms with E-state index in [1.54, 1.807) is 0 Å². The van der Waals surface area contributed by atoms with Gasteiger partial charge in [0.1, 0.15) is 11.9 Å². The molecule has 102 valence electrons. The summed E-state index contributed by atoms with van der Waals surface area (Å²) in [5.74, 6) is -2.88. The van der Waals surface area contributed by atoms with E-state index in [1.165, 1.54) is 12.1 Å². The summed E-state index contributed by atoms with van der Waals surface area (Å²) >= 11 is 5.77. The van der Waals surface area contributed by atoms with E-state index in [0.717, 1.165) is 11.0 Å². The number of rotatable bonds is 2. The van der Waals surface area contributed by atoms with Gasteiger partial charge in [-0.05, 0) is 12.1 Å². The first-order valence-corrected chi connectivity index (χ1v) is 5.95. The molecule has 1 aliphatic heterocycles. The van der Waals surface area contributed by atoms with Gasteiger partial charge in [-0.3, -0.25) is 4.79 Å². The maximum atomic E-state index is 13.6. The number of amides is 1. The van der Waals surface area contributed by atoms with E-state index < -0.39 is 29.8 Å². The number of β-amino-alcohol motifs (C(OH)–C–C–N with tert-alkyl or cyclic N) is 1. The molecule has 0 spiro atoms. The predicted molar refractivity (Wildman–Crippen MR) is 64.5 cm³/mol. The summed E-state index contributed by atoms with van der Waals surface area (Å²) in [4.78, 5) is 24.1. The average Bonchev–Trinajstić information content (AvgIpc) is 2.71. The number of benzene rings is 1. The molecule has 1 aromatic carbocycles. The molecule has 0 bridgehead atoms. The van der Waals surface area contributed by atoms with Crippen molar-refractivity contribution in [2.45, 2.75) is 18.6 Å². The Kier molecular flexibility index (Phi) is 3.73. The van der Waals surface area contributed by atoms with E-state index >= 15 is 0 Å². The predicted octanol–water partition coefficient (Wildman–Crippen LogP) is 1.14. The zero-order valence-electron chi connectivity index (χ0n) is 9.72. The number of halogens is 2. The van der Waals surface area contributed by atoms with Crippen LogP contribution in [0.4, 0.5) is 4.39 Å². The Labute approximate surface area is 113 Å². The third-order valence-corrected chi connectivity index (χ3v) is 3.32. The Morgan fingerprint density at radius 1 is 1.42 bits per heavy atom. The van der Waals surface area contributed by atoms with Crippen molar-refractivity contribution in [2.24, 2.45) is 0 Å². The lowest BCUT2D eigenvalue weighted by Crippen LogP contribution is -2.41. The van der Waals surface area contributed by atoms with E-state index in [2.05, 4.69) is 0 Å². The summed E-state index contributed by atoms with van der Waals surface area (Å²) in [6, 6.07) is 2.60. The maximum absolute atomic E-state index is 13.6. The fraction of sp³-hybridized carbons (Fsp3) is 0.333. The van der Waals surface area contributed by atoms with Crippen molar-refractivity contribution in [1.29, 1.82) is 0 Å². The van der Waals surface area contributed by atoms with Gasteiger partial charge < -0.3 is 15.1 Å². The highest BCUT2D eigenvalue weighted by Crippen LogP contribution is 2.26. The normalized spacial score (nSPS) is 22.6. The SMILES string of the molecule is O=C(O)[C@H]1C[C@@H](O)CN1C(=O)c1c(F)cccc1Cl. The van der Waals surface area contributed by atoms with Gasteiger partial charge in [0.15, 0.2) is 0 Å². The molecule has 0 unspecified atom stereocenters. The fourth-order valence-corrected chi connectivity index (χ4v) is 2.36. The highest BCUT2D eigenvalue weighted by Gasteiger charge is 2.40. The van der Waals surface area contributed by atoms with Crippen LogP contribution in [0.25, 0.3) is 0 Å². The number of carboxylic acids is 1. The number of aliphatic hydroxyl groups is 1. The molecule has 1 aliphatic rings. The standard InChI is InChI=1S/C12H11ClFNO4/c13-7-2-1-3-8(14)10(7)11(17)15-5-6(16)4-9(15)12(18)19/h1-3,6,9,16H,4-5H2,(H,18,19)/t6-,9-/m1/s1. The third kappa shape index (κ3) is 2.54. The fourth-order valence-electron chi connectivity index (χ4n) is 2.12. The van der Waals surface area contributed by atoms with Crippen molar-refractivity contribution in [1.82, 2.24) is 4.90 Å². The molecule has 1 fully saturated rings. The molecule has 2 atom stereocenters. The number of likely N-dealkylation sites (tertiary alicyclic amines) is 1. The number of carbonyl (C=O) groups is 2. The van der Waals surface area contributed by atoms with Crippen molar-refractivity contribution in [3.63, 3.8) is 0 Å². The zero-order chi connectivity index (χ0) is 14.2. The van der Waals surface area contributed by atoms with Crippen molar-refractivity contribution in [3.8, 4) is 0 Å². The zero-order valence-corrected chi connectivity index (χ0v) is 10.5. The second-order valence-corrected chi connectivity index (χ2v) is 4.70. The number of nitrogens with zero attached hydrogens (tertiary/aromatic N) is 1. The van der Waals surface area contributed by atoms with Crippen molar-refractivity contribution >= 4 is 23.5 Å². The summed E-state index contributed by atoms with van der Waals surface area (Å²) in [7, 11) is 0. The molecule has 0 aliphatic carbocycles. The van der Waals surface area contributed by atoms with Crippen molar-refractivity contribution in [2.75, 3.05) is 6.54 Å². The van der Waals surface area contributed by atoms with Crippen LogP contribution in [0.15, 0.2) is 18.2 Å². The molecule has 7 heteroatoms. The van der Waals surface area contributed by atoms with E-state index in [1.807, 2.05) is 0 Å². The van der Waals surface area contributed by atoms with Crippen LogP contribution >= 0.6 is 11.6 Å². The van der Waals surface area contributed by atoms with Gasteiger partial charge in [0.05, 0.1) is 16.7 Å². The molecule has 0 radical (unpaired) electrons. The lowest BCUT2D eigenvalue weighted by Gasteiger charge is -2.21. The molecule has 1 saturated heterocycles. The van der Waals surface area contributed by atoms with Crippen LogP contribution in [-0.4, -0.2) is 45.7 Å². The van der Waals surface area contributed by atoms with E-state index in [0.29, 0.717) is 0 Å². The van der Waals surface area contributed by atoms with Gasteiger partial charge in [0.2, 0.25) is 0 Å². The quantitative estimate of drug-likeness (QED) is 0.855. The monoisotopic (exact) mass is 287 g/mol. The van der Waals surface area contributed by atoms with E-state index in [-0.39, 0.29) is 23.6 Å². The topological polar surface area (TPSA) is 77.8 Å². The molecular weight excluding hydrogens is 277 g/mol. The van der Waals surface area contributed by atoms with E-state index in [4.69, 9.17) is 16.7 Å². The first-order chi connectivity index (χ1) is 8.91. The molecule has 5 nitrogen and oxygen atoms in total. The summed E-state index contributed by atoms with van der Waals surface area (Å²) in [6.45, 7) is -0.152. The molecule has 19 heavy (non-hydrogen) atoms. The molecular formula is C12H11ClFNO4. The third-order valence-electron chi connectivity index (χ3n) is 3.00. The Balaban J connectivity index is 2.36. The summed E-state index contributed by atoms with van der Waals surface area (Å²) in [5, 5.41) is 18.4. The van der Waals surface area contributed by atoms with Gasteiger partial charge >= 0.3 is 5.97 Å². The van der Waals surface area contributed by atoms with Gasteiger partial charge in [-0.15, -0.1) is 0 Å². The van der Waals surface area contributed by atoms with Gasteiger partial charge in [0.25, 0.3) is 5.91 Å². The minimum absolute atomic E-state index is 0.0762. The van der Waals surface area contributed by atoms with Crippen LogP contribution in [-0.2, 0) is 4.79 Å².